The summed E-state index contributed by atoms with van der Waals surface area (Å²) in [5, 5.41) is 5.00. The third-order valence-corrected chi connectivity index (χ3v) is 5.35. The van der Waals surface area contributed by atoms with Crippen molar-refractivity contribution in [3.8, 4) is 11.3 Å². The number of likely N-dealkylation sites (N-methyl/N-ethyl adjacent to an activating group) is 1. The number of pyridine rings is 1. The van der Waals surface area contributed by atoms with Crippen molar-refractivity contribution in [2.75, 3.05) is 13.7 Å². The summed E-state index contributed by atoms with van der Waals surface area (Å²) >= 11 is 0. The molecule has 0 fully saturated rings. The molecule has 8 heteroatoms. The fraction of sp³-hybridized carbons (Fsp3) is 0.280. The van der Waals surface area contributed by atoms with Gasteiger partial charge in [0.1, 0.15) is 5.76 Å². The van der Waals surface area contributed by atoms with E-state index in [4.69, 9.17) is 14.1 Å². The largest absolute Gasteiger partial charge is 0.467 e. The number of ether oxygens (including phenoxy) is 1. The normalized spacial score (nSPS) is 11.2. The molecule has 0 unspecified atom stereocenters. The molecule has 170 valence electrons. The number of furan rings is 1. The summed E-state index contributed by atoms with van der Waals surface area (Å²) in [6, 6.07) is 13.2. The van der Waals surface area contributed by atoms with Gasteiger partial charge in [0.2, 0.25) is 0 Å². The smallest absolute Gasteiger partial charge is 0.339 e. The summed E-state index contributed by atoms with van der Waals surface area (Å²) in [5.41, 5.74) is 3.56. The van der Waals surface area contributed by atoms with Crippen LogP contribution in [0.4, 0.5) is 0 Å². The number of hydrogen-bond donors (Lipinski definition) is 0. The highest BCUT2D eigenvalue weighted by atomic mass is 16.5. The predicted molar refractivity (Wildman–Crippen MR) is 124 cm³/mol. The van der Waals surface area contributed by atoms with Crippen LogP contribution in [0.2, 0.25) is 0 Å². The van der Waals surface area contributed by atoms with E-state index in [0.717, 1.165) is 11.1 Å². The molecule has 0 aliphatic rings. The van der Waals surface area contributed by atoms with Crippen molar-refractivity contribution in [3.63, 3.8) is 0 Å². The van der Waals surface area contributed by atoms with Crippen LogP contribution in [0, 0.1) is 6.92 Å². The minimum absolute atomic E-state index is 0.0592. The summed E-state index contributed by atoms with van der Waals surface area (Å²) in [6.07, 6.45) is 3.16. The van der Waals surface area contributed by atoms with Crippen LogP contribution in [0.3, 0.4) is 0 Å². The first-order valence-corrected chi connectivity index (χ1v) is 10.7. The Hall–Kier alpha value is -3.94. The van der Waals surface area contributed by atoms with Gasteiger partial charge in [0, 0.05) is 18.7 Å². The number of benzene rings is 1. The molecule has 0 atom stereocenters. The van der Waals surface area contributed by atoms with Crippen molar-refractivity contribution in [1.82, 2.24) is 19.7 Å². The molecule has 0 aliphatic carbocycles. The van der Waals surface area contributed by atoms with E-state index in [9.17, 15) is 9.59 Å². The number of hydrogen-bond acceptors (Lipinski definition) is 6. The first kappa shape index (κ1) is 22.3. The molecule has 0 aliphatic heterocycles. The molecule has 8 nitrogen and oxygen atoms in total. The zero-order valence-electron chi connectivity index (χ0n) is 19.1. The molecule has 0 saturated carbocycles. The van der Waals surface area contributed by atoms with E-state index in [1.54, 1.807) is 42.4 Å². The zero-order chi connectivity index (χ0) is 23.5. The first-order valence-electron chi connectivity index (χ1n) is 10.7. The van der Waals surface area contributed by atoms with E-state index in [-0.39, 0.29) is 18.6 Å². The van der Waals surface area contributed by atoms with Crippen molar-refractivity contribution in [2.24, 2.45) is 0 Å². The Morgan fingerprint density at radius 3 is 2.61 bits per heavy atom. The number of nitrogens with zero attached hydrogens (tertiary/aromatic N) is 4. The molecule has 0 spiro atoms. The zero-order valence-corrected chi connectivity index (χ0v) is 19.1. The molecule has 1 amide bonds. The second-order valence-electron chi connectivity index (χ2n) is 8.25. The van der Waals surface area contributed by atoms with Gasteiger partial charge in [-0.15, -0.1) is 0 Å². The van der Waals surface area contributed by atoms with Gasteiger partial charge in [-0.25, -0.2) is 14.5 Å². The average Bonchev–Trinajstić information content (AvgIpc) is 3.46. The van der Waals surface area contributed by atoms with Gasteiger partial charge in [-0.2, -0.15) is 5.10 Å². The molecule has 0 N–H and O–H groups in total. The molecule has 0 bridgehead atoms. The second-order valence-corrected chi connectivity index (χ2v) is 8.25. The molecular formula is C25H26N4O4. The van der Waals surface area contributed by atoms with E-state index in [1.165, 1.54) is 4.90 Å². The van der Waals surface area contributed by atoms with Crippen molar-refractivity contribution in [3.05, 3.63) is 71.8 Å². The topological polar surface area (TPSA) is 90.5 Å². The average molecular weight is 447 g/mol. The number of esters is 1. The number of carbonyl (C=O) groups excluding carboxylic acids is 2. The Morgan fingerprint density at radius 1 is 1.18 bits per heavy atom. The van der Waals surface area contributed by atoms with Crippen molar-refractivity contribution < 1.29 is 18.7 Å². The minimum Gasteiger partial charge on any atom is -0.467 e. The lowest BCUT2D eigenvalue weighted by Crippen LogP contribution is -2.30. The standard InChI is InChI=1S/C25H26N4O4/c1-16(2)29-24-21(13-26-29)20(12-22(27-24)18-9-7-17(3)8-10-18)25(31)33-15-23(30)28(4)14-19-6-5-11-32-19/h5-13,16H,14-15H2,1-4H3. The lowest BCUT2D eigenvalue weighted by atomic mass is 10.1. The van der Waals surface area contributed by atoms with Crippen LogP contribution in [0.5, 0.6) is 0 Å². The van der Waals surface area contributed by atoms with E-state index in [1.807, 2.05) is 45.0 Å². The summed E-state index contributed by atoms with van der Waals surface area (Å²) < 4.78 is 12.4. The molecule has 4 rings (SSSR count). The summed E-state index contributed by atoms with van der Waals surface area (Å²) in [7, 11) is 1.63. The van der Waals surface area contributed by atoms with Gasteiger partial charge in [-0.3, -0.25) is 4.79 Å². The SMILES string of the molecule is Cc1ccc(-c2cc(C(=O)OCC(=O)N(C)Cc3ccco3)c3cnn(C(C)C)c3n2)cc1. The molecular weight excluding hydrogens is 420 g/mol. The van der Waals surface area contributed by atoms with E-state index in [2.05, 4.69) is 5.10 Å². The Kier molecular flexibility index (Phi) is 6.26. The highest BCUT2D eigenvalue weighted by molar-refractivity contribution is 6.04. The maximum atomic E-state index is 13.0. The third-order valence-electron chi connectivity index (χ3n) is 5.35. The van der Waals surface area contributed by atoms with Gasteiger partial charge in [0.05, 0.1) is 35.6 Å². The van der Waals surface area contributed by atoms with E-state index >= 15 is 0 Å². The summed E-state index contributed by atoms with van der Waals surface area (Å²) in [6.45, 7) is 5.92. The van der Waals surface area contributed by atoms with E-state index in [0.29, 0.717) is 34.6 Å². The molecule has 33 heavy (non-hydrogen) atoms. The van der Waals surface area contributed by atoms with Gasteiger partial charge < -0.3 is 14.1 Å². The van der Waals surface area contributed by atoms with Gasteiger partial charge in [-0.1, -0.05) is 29.8 Å². The molecule has 3 heterocycles. The van der Waals surface area contributed by atoms with Crippen molar-refractivity contribution >= 4 is 22.9 Å². The summed E-state index contributed by atoms with van der Waals surface area (Å²) in [4.78, 5) is 31.7. The maximum absolute atomic E-state index is 13.0. The Labute approximate surface area is 191 Å². The predicted octanol–water partition coefficient (Wildman–Crippen LogP) is 4.40. The highest BCUT2D eigenvalue weighted by Gasteiger charge is 2.21. The highest BCUT2D eigenvalue weighted by Crippen LogP contribution is 2.27. The van der Waals surface area contributed by atoms with Crippen LogP contribution in [0.25, 0.3) is 22.3 Å². The van der Waals surface area contributed by atoms with Gasteiger partial charge in [0.15, 0.2) is 12.3 Å². The fourth-order valence-electron chi connectivity index (χ4n) is 3.48. The lowest BCUT2D eigenvalue weighted by Gasteiger charge is -2.16. The Bertz CT molecular complexity index is 1270. The molecule has 4 aromatic rings. The van der Waals surface area contributed by atoms with Crippen LogP contribution in [-0.2, 0) is 16.1 Å². The van der Waals surface area contributed by atoms with Gasteiger partial charge in [0.25, 0.3) is 5.91 Å². The van der Waals surface area contributed by atoms with Crippen LogP contribution in [0.15, 0.2) is 59.3 Å². The number of amides is 1. The van der Waals surface area contributed by atoms with E-state index < -0.39 is 5.97 Å². The second kappa shape index (κ2) is 9.28. The number of fused-ring (bicyclic) bond motifs is 1. The minimum atomic E-state index is -0.598. The van der Waals surface area contributed by atoms with Crippen LogP contribution in [0.1, 0.15) is 41.6 Å². The number of aryl methyl sites for hydroxylation is 1. The first-order chi connectivity index (χ1) is 15.8. The van der Waals surface area contributed by atoms with Crippen LogP contribution < -0.4 is 0 Å². The summed E-state index contributed by atoms with van der Waals surface area (Å²) in [5.74, 6) is -0.280. The van der Waals surface area contributed by atoms with Crippen LogP contribution >= 0.6 is 0 Å². The molecule has 0 radical (unpaired) electrons. The van der Waals surface area contributed by atoms with Crippen molar-refractivity contribution in [2.45, 2.75) is 33.4 Å². The monoisotopic (exact) mass is 446 g/mol. The van der Waals surface area contributed by atoms with Crippen LogP contribution in [-0.4, -0.2) is 45.2 Å². The molecule has 1 aromatic carbocycles. The Balaban J connectivity index is 1.60. The molecule has 0 saturated heterocycles. The van der Waals surface area contributed by atoms with Crippen molar-refractivity contribution in [1.29, 1.82) is 0 Å². The quantitative estimate of drug-likeness (QED) is 0.391. The third kappa shape index (κ3) is 4.79. The maximum Gasteiger partial charge on any atom is 0.339 e. The number of aromatic nitrogens is 3. The number of carbonyl (C=O) groups is 2. The fourth-order valence-corrected chi connectivity index (χ4v) is 3.48. The molecule has 3 aromatic heterocycles. The van der Waals surface area contributed by atoms with Gasteiger partial charge in [-0.05, 0) is 39.0 Å². The Morgan fingerprint density at radius 2 is 1.94 bits per heavy atom. The lowest BCUT2D eigenvalue weighted by molar-refractivity contribution is -0.133. The number of rotatable bonds is 7. The van der Waals surface area contributed by atoms with Gasteiger partial charge >= 0.3 is 5.97 Å².